The van der Waals surface area contributed by atoms with Gasteiger partial charge in [0.1, 0.15) is 59.8 Å². The van der Waals surface area contributed by atoms with Crippen molar-refractivity contribution >= 4 is 141 Å². The molecular weight excluding hydrogens is 2010 g/mol. The first-order chi connectivity index (χ1) is 69.8. The van der Waals surface area contributed by atoms with E-state index in [0.29, 0.717) is 43.1 Å². The minimum atomic E-state index is -1.21. The van der Waals surface area contributed by atoms with Crippen LogP contribution in [0.4, 0.5) is 0 Å². The van der Waals surface area contributed by atoms with Crippen LogP contribution in [0.25, 0.3) is 55.2 Å². The molecule has 706 valence electrons. The number of hydrazine groups is 1. The summed E-state index contributed by atoms with van der Waals surface area (Å²) in [5, 5.41) is 37.1. The van der Waals surface area contributed by atoms with Gasteiger partial charge in [0.2, 0.25) is 23.5 Å². The number of aromatic carboxylic acids is 1. The molecule has 0 spiro atoms. The van der Waals surface area contributed by atoms with Crippen LogP contribution in [0.3, 0.4) is 0 Å². The highest BCUT2D eigenvalue weighted by Crippen LogP contribution is 2.51. The van der Waals surface area contributed by atoms with Crippen molar-refractivity contribution in [2.75, 3.05) is 33.3 Å². The van der Waals surface area contributed by atoms with Crippen LogP contribution in [0.5, 0.6) is 23.5 Å². The van der Waals surface area contributed by atoms with Crippen molar-refractivity contribution in [3.63, 3.8) is 0 Å². The van der Waals surface area contributed by atoms with E-state index in [9.17, 15) is 24.3 Å². The number of fused-ring (bicyclic) bond motifs is 4. The minimum Gasteiger partial charge on any atom is -0.479 e. The zero-order valence-corrected chi connectivity index (χ0v) is 81.9. The van der Waals surface area contributed by atoms with Gasteiger partial charge in [-0.2, -0.15) is 0 Å². The summed E-state index contributed by atoms with van der Waals surface area (Å²) < 4.78 is 41.4. The number of aromatic amines is 1. The van der Waals surface area contributed by atoms with Crippen LogP contribution in [-0.4, -0.2) is 125 Å². The zero-order valence-electron chi connectivity index (χ0n) is 76.9. The molecule has 0 unspecified atom stereocenters. The van der Waals surface area contributed by atoms with Crippen LogP contribution in [-0.2, 0) is 22.2 Å². The Morgan fingerprint density at radius 2 is 0.563 bits per heavy atom. The fraction of sp³-hybridized carbons (Fsp3) is 0.0818. The lowest BCUT2D eigenvalue weighted by atomic mass is 9.77. The quantitative estimate of drug-likeness (QED) is 0.00638. The molecule has 32 heteroatoms. The molecular formula is C110H84Cl5IN16O10. The summed E-state index contributed by atoms with van der Waals surface area (Å²) in [4.78, 5) is 66.2. The molecule has 0 radical (unpaired) electrons. The smallest absolute Gasteiger partial charge is 0.434 e. The van der Waals surface area contributed by atoms with Crippen molar-refractivity contribution in [1.29, 1.82) is 0 Å². The first kappa shape index (κ1) is 96.3. The topological polar surface area (TPSA) is 328 Å². The van der Waals surface area contributed by atoms with Crippen LogP contribution in [0.1, 0.15) is 99.6 Å². The standard InChI is InChI=1S/C28H20ClN5O3.C27H19Cl2N3O2.C27H22ClN5O2.C27H20ClN3O3.CH3I/c1-36-25-23-21(17-22(29)30-24(23)26-31-32-27(35)37-26)34(33-25)28(18-11-5-2-6-12-18,19-13-7-3-8-14-19)20-15-9-4-10-16-20;1-34-26-23-21(17-22(28)30-24(23)25(29)33)32(31-26)27(18-11-5-2-6-12-18,19-13-7-3-8-14-19)20-15-9-4-10-16-20;1-35-26-23-21(17-22(28)30-24(23)25(34)31-29)33(32-26)27(18-11-5-2-6-12-18,19-13-7-3-8-14-19)20-15-9-4-10-16-20;1-34-25-23-21(17-22(28)29-24(23)26(32)33)31(30-25)27(18-11-5-2-6-12-18,19-13-7-3-8-14-19)20-15-9-4-10-16-20;1-2/h2-17H,1H3,(H,32,35);2-17H,1H3;2-17H,29H2,1H3,(H,31,34);2-17H,1H3,(H,32,33);1H3/i;;;;1D. The Kier molecular flexibility index (Phi) is 29.3. The van der Waals surface area contributed by atoms with Crippen molar-refractivity contribution in [2.24, 2.45) is 5.84 Å². The first-order valence-corrected chi connectivity index (χ1v) is 47.3. The largest absolute Gasteiger partial charge is 0.479 e. The number of amides is 1. The number of hydrogen-bond acceptors (Lipinski definition) is 19. The number of methoxy groups -OCH3 is 4. The number of carboxylic acid groups (broad SMARTS) is 1. The van der Waals surface area contributed by atoms with Crippen molar-refractivity contribution in [3.8, 4) is 35.1 Å². The molecule has 0 aliphatic heterocycles. The van der Waals surface area contributed by atoms with E-state index in [-0.39, 0.29) is 78.2 Å². The molecule has 21 rings (SSSR count). The van der Waals surface area contributed by atoms with E-state index in [2.05, 4.69) is 145 Å². The number of halogens is 6. The molecule has 9 heterocycles. The molecule has 9 aromatic heterocycles. The Morgan fingerprint density at radius 3 is 0.775 bits per heavy atom. The third-order valence-electron chi connectivity index (χ3n) is 24.1. The lowest BCUT2D eigenvalue weighted by Gasteiger charge is -2.36. The maximum absolute atomic E-state index is 12.7. The zero-order chi connectivity index (χ0) is 99.9. The number of carboxylic acids is 1. The van der Waals surface area contributed by atoms with Crippen LogP contribution in [0, 0.1) is 0 Å². The number of rotatable bonds is 24. The third-order valence-corrected chi connectivity index (χ3v) is 25.1. The van der Waals surface area contributed by atoms with Gasteiger partial charge in [-0.25, -0.2) is 59.2 Å². The molecule has 1 amide bonds. The van der Waals surface area contributed by atoms with Crippen molar-refractivity contribution in [1.82, 2.24) is 74.7 Å². The van der Waals surface area contributed by atoms with Gasteiger partial charge in [0.25, 0.3) is 17.0 Å². The normalized spacial score (nSPS) is 11.5. The van der Waals surface area contributed by atoms with Gasteiger partial charge < -0.3 is 28.5 Å². The number of nitrogens with two attached hydrogens (primary N) is 1. The van der Waals surface area contributed by atoms with Crippen molar-refractivity contribution in [3.05, 3.63) is 503 Å². The van der Waals surface area contributed by atoms with Gasteiger partial charge in [-0.15, -0.1) is 25.5 Å². The molecule has 0 saturated carbocycles. The van der Waals surface area contributed by atoms with Crippen molar-refractivity contribution < 1.29 is 44.2 Å². The van der Waals surface area contributed by atoms with E-state index < -0.39 is 45.0 Å². The number of nitrogens with one attached hydrogen (secondary N) is 2. The lowest BCUT2D eigenvalue weighted by Crippen LogP contribution is -2.38. The number of carbonyl (C=O) groups is 3. The van der Waals surface area contributed by atoms with Gasteiger partial charge >= 0.3 is 11.7 Å². The highest BCUT2D eigenvalue weighted by atomic mass is 127. The fourth-order valence-corrected chi connectivity index (χ4v) is 19.4. The maximum Gasteiger partial charge on any atom is 0.434 e. The molecule has 0 fully saturated rings. The molecule has 0 bridgehead atoms. The van der Waals surface area contributed by atoms with E-state index in [0.717, 1.165) is 66.8 Å². The Balaban J connectivity index is 0.000000130. The summed E-state index contributed by atoms with van der Waals surface area (Å²) in [7, 11) is 5.99. The fourth-order valence-electron chi connectivity index (χ4n) is 18.5. The molecule has 12 aromatic carbocycles. The molecule has 26 nitrogen and oxygen atoms in total. The van der Waals surface area contributed by atoms with E-state index in [1.165, 1.54) is 28.4 Å². The summed E-state index contributed by atoms with van der Waals surface area (Å²) >= 11 is 33.5. The molecule has 0 aliphatic carbocycles. The van der Waals surface area contributed by atoms with Gasteiger partial charge in [-0.1, -0.05) is 433 Å². The number of nitrogen functional groups attached to an aromatic ring is 1. The second-order valence-corrected chi connectivity index (χ2v) is 33.5. The molecule has 0 saturated heterocycles. The average molecular weight is 2100 g/mol. The van der Waals surface area contributed by atoms with Gasteiger partial charge in [-0.3, -0.25) is 15.0 Å². The predicted molar refractivity (Wildman–Crippen MR) is 560 cm³/mol. The second-order valence-electron chi connectivity index (χ2n) is 31.6. The summed E-state index contributed by atoms with van der Waals surface area (Å²) in [5.41, 5.74) is 12.2. The minimum absolute atomic E-state index is 0.00430. The highest BCUT2D eigenvalue weighted by molar-refractivity contribution is 14.1. The summed E-state index contributed by atoms with van der Waals surface area (Å²) in [6.07, 6.45) is 0. The van der Waals surface area contributed by atoms with Crippen LogP contribution in [0.15, 0.2) is 397 Å². The van der Waals surface area contributed by atoms with E-state index in [1.807, 2.05) is 291 Å². The summed E-state index contributed by atoms with van der Waals surface area (Å²) in [5.74, 6) is 3.83. The van der Waals surface area contributed by atoms with Gasteiger partial charge in [0.05, 0.1) is 72.1 Å². The van der Waals surface area contributed by atoms with E-state index in [1.54, 1.807) is 28.9 Å². The van der Waals surface area contributed by atoms with E-state index in [4.69, 9.17) is 109 Å². The highest BCUT2D eigenvalue weighted by Gasteiger charge is 2.48. The first-order valence-electron chi connectivity index (χ1n) is 44.6. The number of pyridine rings is 4. The lowest BCUT2D eigenvalue weighted by molar-refractivity contribution is 0.0692. The van der Waals surface area contributed by atoms with Gasteiger partial charge in [0, 0.05) is 25.6 Å². The third kappa shape index (κ3) is 18.0. The molecule has 142 heavy (non-hydrogen) atoms. The number of H-pyrrole nitrogens is 1. The number of hydrogen-bond donors (Lipinski definition) is 4. The van der Waals surface area contributed by atoms with E-state index >= 15 is 0 Å². The number of nitrogens with zero attached hydrogens (tertiary/aromatic N) is 13. The Labute approximate surface area is 853 Å². The average Bonchev–Trinajstić information content (AvgIpc) is 1.62. The summed E-state index contributed by atoms with van der Waals surface area (Å²) in [6, 6.07) is 127. The SMILES string of the molecule is COc1nn(C(c2ccccc2)(c2ccccc2)c2ccccc2)c2cc(Cl)nc(-c3n[nH]c(=O)o3)c12.COc1nn(C(c2ccccc2)(c2ccccc2)c2ccccc2)c2cc(Cl)nc(C(=O)Cl)c12.COc1nn(C(c2ccccc2)(c2ccccc2)c2ccccc2)c2cc(Cl)nc(C(=O)NN)c12.COc1nn(C(c2ccccc2)(c2ccccc2)c2ccccc2)c2cc(Cl)nc(C(=O)O)c12.[2H]CI. The van der Waals surface area contributed by atoms with Crippen molar-refractivity contribution in [2.45, 2.75) is 22.2 Å². The Bertz CT molecular complexity index is 7500. The molecule has 0 aliphatic rings. The number of alkyl halides is 1. The second kappa shape index (κ2) is 43.2. The molecule has 0 atom stereocenters. The van der Waals surface area contributed by atoms with Crippen LogP contribution in [0.2, 0.25) is 20.6 Å². The monoisotopic (exact) mass is 2090 g/mol. The van der Waals surface area contributed by atoms with Crippen LogP contribution < -0.4 is 36.0 Å². The molecule has 21 aromatic rings. The number of carbonyl (C=O) groups excluding carboxylic acids is 2. The Morgan fingerprint density at radius 1 is 0.359 bits per heavy atom. The van der Waals surface area contributed by atoms with Crippen LogP contribution >= 0.6 is 80.6 Å². The predicted octanol–water partition coefficient (Wildman–Crippen LogP) is 22.8. The number of aromatic nitrogens is 14. The number of ether oxygens (including phenoxy) is 4. The Hall–Kier alpha value is -16.0. The van der Waals surface area contributed by atoms with Gasteiger partial charge in [0.15, 0.2) is 5.69 Å². The summed E-state index contributed by atoms with van der Waals surface area (Å²) in [6.45, 7) is 0. The number of benzene rings is 12. The van der Waals surface area contributed by atoms with Gasteiger partial charge in [-0.05, 0) is 83.3 Å². The molecule has 5 N–H and O–H groups in total. The maximum atomic E-state index is 12.7.